The van der Waals surface area contributed by atoms with E-state index in [-0.39, 0.29) is 13.2 Å². The number of carboxylic acid groups (broad SMARTS) is 1. The Morgan fingerprint density at radius 3 is 2.84 bits per heavy atom. The Hall–Kier alpha value is -1.34. The molecule has 1 heterocycles. The summed E-state index contributed by atoms with van der Waals surface area (Å²) in [6.45, 7) is 2.85. The molecule has 1 unspecified atom stereocenters. The second kappa shape index (κ2) is 7.96. The van der Waals surface area contributed by atoms with Gasteiger partial charge in [0.25, 0.3) is 0 Å². The first kappa shape index (κ1) is 15.7. The van der Waals surface area contributed by atoms with Gasteiger partial charge in [-0.1, -0.05) is 19.8 Å². The minimum Gasteiger partial charge on any atom is -0.480 e. The summed E-state index contributed by atoms with van der Waals surface area (Å²) >= 11 is 0. The van der Waals surface area contributed by atoms with Crippen molar-refractivity contribution < 1.29 is 24.5 Å². The number of nitrogens with one attached hydrogen (secondary N) is 1. The molecule has 110 valence electrons. The largest absolute Gasteiger partial charge is 0.480 e. The number of carbonyl (C=O) groups is 2. The molecule has 0 aromatic heterocycles. The molecule has 19 heavy (non-hydrogen) atoms. The van der Waals surface area contributed by atoms with Crippen LogP contribution in [0.5, 0.6) is 0 Å². The summed E-state index contributed by atoms with van der Waals surface area (Å²) in [7, 11) is 0. The standard InChI is InChI=1S/C12H22N2O5/c1-2-3-4-10(11(16)17)13-12(18)14-5-6-19-9(7-14)8-15/h9-10,15H,2-8H2,1H3,(H,13,18)(H,16,17)/t9?,10-/m0/s1. The van der Waals surface area contributed by atoms with E-state index in [4.69, 9.17) is 14.9 Å². The molecule has 0 spiro atoms. The molecule has 0 aromatic rings. The number of carboxylic acids is 1. The number of amides is 2. The van der Waals surface area contributed by atoms with Crippen molar-refractivity contribution in [2.24, 2.45) is 0 Å². The predicted octanol–water partition coefficient (Wildman–Crippen LogP) is 0.0325. The second-order valence-corrected chi connectivity index (χ2v) is 4.60. The fourth-order valence-corrected chi connectivity index (χ4v) is 1.92. The van der Waals surface area contributed by atoms with Crippen LogP contribution in [0.1, 0.15) is 26.2 Å². The fourth-order valence-electron chi connectivity index (χ4n) is 1.92. The number of nitrogens with zero attached hydrogens (tertiary/aromatic N) is 1. The second-order valence-electron chi connectivity index (χ2n) is 4.60. The number of ether oxygens (including phenoxy) is 1. The van der Waals surface area contributed by atoms with Crippen LogP contribution in [0.3, 0.4) is 0 Å². The molecule has 0 bridgehead atoms. The monoisotopic (exact) mass is 274 g/mol. The summed E-state index contributed by atoms with van der Waals surface area (Å²) in [5.74, 6) is -1.02. The van der Waals surface area contributed by atoms with E-state index in [0.29, 0.717) is 19.6 Å². The average molecular weight is 274 g/mol. The summed E-state index contributed by atoms with van der Waals surface area (Å²) in [5, 5.41) is 20.6. The molecule has 7 heteroatoms. The first-order valence-electron chi connectivity index (χ1n) is 6.59. The van der Waals surface area contributed by atoms with Gasteiger partial charge in [-0.3, -0.25) is 0 Å². The van der Waals surface area contributed by atoms with Crippen LogP contribution in [-0.4, -0.2) is 65.6 Å². The Morgan fingerprint density at radius 1 is 1.53 bits per heavy atom. The number of aliphatic carboxylic acids is 1. The van der Waals surface area contributed by atoms with Crippen molar-refractivity contribution >= 4 is 12.0 Å². The van der Waals surface area contributed by atoms with Crippen LogP contribution in [0.15, 0.2) is 0 Å². The zero-order valence-corrected chi connectivity index (χ0v) is 11.2. The molecule has 0 aliphatic carbocycles. The molecule has 3 N–H and O–H groups in total. The van der Waals surface area contributed by atoms with E-state index in [1.807, 2.05) is 6.92 Å². The lowest BCUT2D eigenvalue weighted by Gasteiger charge is -2.32. The summed E-state index contributed by atoms with van der Waals surface area (Å²) in [6.07, 6.45) is 1.66. The number of hydrogen-bond donors (Lipinski definition) is 3. The Morgan fingerprint density at radius 2 is 2.26 bits per heavy atom. The summed E-state index contributed by atoms with van der Waals surface area (Å²) in [6, 6.07) is -1.27. The van der Waals surface area contributed by atoms with Crippen molar-refractivity contribution in [1.82, 2.24) is 10.2 Å². The predicted molar refractivity (Wildman–Crippen MR) is 67.9 cm³/mol. The van der Waals surface area contributed by atoms with Crippen LogP contribution in [-0.2, 0) is 9.53 Å². The minimum absolute atomic E-state index is 0.151. The van der Waals surface area contributed by atoms with Crippen molar-refractivity contribution in [2.45, 2.75) is 38.3 Å². The van der Waals surface area contributed by atoms with Crippen molar-refractivity contribution in [3.05, 3.63) is 0 Å². The quantitative estimate of drug-likeness (QED) is 0.635. The van der Waals surface area contributed by atoms with Gasteiger partial charge in [-0.05, 0) is 6.42 Å². The normalized spacial score (nSPS) is 20.9. The number of unbranched alkanes of at least 4 members (excludes halogenated alkanes) is 1. The molecule has 7 nitrogen and oxygen atoms in total. The number of hydrogen-bond acceptors (Lipinski definition) is 4. The lowest BCUT2D eigenvalue weighted by molar-refractivity contribution is -0.139. The number of urea groups is 1. The molecule has 1 fully saturated rings. The van der Waals surface area contributed by atoms with E-state index in [0.717, 1.165) is 12.8 Å². The molecule has 1 aliphatic rings. The van der Waals surface area contributed by atoms with E-state index < -0.39 is 24.1 Å². The summed E-state index contributed by atoms with van der Waals surface area (Å²) in [5.41, 5.74) is 0. The highest BCUT2D eigenvalue weighted by atomic mass is 16.5. The zero-order chi connectivity index (χ0) is 14.3. The SMILES string of the molecule is CCCC[C@H](NC(=O)N1CCOC(CO)C1)C(=O)O. The van der Waals surface area contributed by atoms with Gasteiger partial charge in [0.2, 0.25) is 0 Å². The third-order valence-corrected chi connectivity index (χ3v) is 3.07. The van der Waals surface area contributed by atoms with Gasteiger partial charge in [-0.2, -0.15) is 0 Å². The van der Waals surface area contributed by atoms with Gasteiger partial charge in [-0.25, -0.2) is 9.59 Å². The highest BCUT2D eigenvalue weighted by molar-refractivity contribution is 5.82. The van der Waals surface area contributed by atoms with Gasteiger partial charge in [0, 0.05) is 6.54 Å². The maximum absolute atomic E-state index is 12.0. The number of morpholine rings is 1. The summed E-state index contributed by atoms with van der Waals surface area (Å²) in [4.78, 5) is 24.5. The summed E-state index contributed by atoms with van der Waals surface area (Å²) < 4.78 is 5.24. The van der Waals surface area contributed by atoms with Gasteiger partial charge in [0.1, 0.15) is 6.04 Å². The number of carbonyl (C=O) groups excluding carboxylic acids is 1. The Labute approximate surface area is 112 Å². The van der Waals surface area contributed by atoms with Crippen LogP contribution < -0.4 is 5.32 Å². The lowest BCUT2D eigenvalue weighted by Crippen LogP contribution is -2.53. The van der Waals surface area contributed by atoms with E-state index in [2.05, 4.69) is 5.32 Å². The van der Waals surface area contributed by atoms with Crippen LogP contribution in [0.4, 0.5) is 4.79 Å². The topological polar surface area (TPSA) is 99.1 Å². The number of rotatable bonds is 6. The van der Waals surface area contributed by atoms with Crippen LogP contribution >= 0.6 is 0 Å². The Kier molecular flexibility index (Phi) is 6.58. The molecule has 2 amide bonds. The van der Waals surface area contributed by atoms with E-state index >= 15 is 0 Å². The average Bonchev–Trinajstić information content (AvgIpc) is 2.42. The van der Waals surface area contributed by atoms with Crippen molar-refractivity contribution in [3.8, 4) is 0 Å². The van der Waals surface area contributed by atoms with E-state index in [9.17, 15) is 9.59 Å². The van der Waals surface area contributed by atoms with E-state index in [1.54, 1.807) is 0 Å². The van der Waals surface area contributed by atoms with Gasteiger partial charge in [0.15, 0.2) is 0 Å². The first-order valence-corrected chi connectivity index (χ1v) is 6.59. The maximum atomic E-state index is 12.0. The maximum Gasteiger partial charge on any atom is 0.326 e. The van der Waals surface area contributed by atoms with Gasteiger partial charge >= 0.3 is 12.0 Å². The molecule has 0 aromatic carbocycles. The Bertz CT molecular complexity index is 310. The highest BCUT2D eigenvalue weighted by Gasteiger charge is 2.27. The fraction of sp³-hybridized carbons (Fsp3) is 0.833. The molecule has 0 radical (unpaired) electrons. The molecule has 1 saturated heterocycles. The van der Waals surface area contributed by atoms with E-state index in [1.165, 1.54) is 4.90 Å². The molecular formula is C12H22N2O5. The molecule has 1 aliphatic heterocycles. The van der Waals surface area contributed by atoms with Crippen LogP contribution in [0.25, 0.3) is 0 Å². The minimum atomic E-state index is -1.02. The van der Waals surface area contributed by atoms with Crippen molar-refractivity contribution in [3.63, 3.8) is 0 Å². The smallest absolute Gasteiger partial charge is 0.326 e. The third kappa shape index (κ3) is 5.04. The molecular weight excluding hydrogens is 252 g/mol. The molecule has 0 saturated carbocycles. The zero-order valence-electron chi connectivity index (χ0n) is 11.2. The molecule has 2 atom stereocenters. The van der Waals surface area contributed by atoms with Gasteiger partial charge in [-0.15, -0.1) is 0 Å². The highest BCUT2D eigenvalue weighted by Crippen LogP contribution is 2.07. The molecule has 1 rings (SSSR count). The van der Waals surface area contributed by atoms with Gasteiger partial charge in [0.05, 0.1) is 25.9 Å². The van der Waals surface area contributed by atoms with Crippen LogP contribution in [0, 0.1) is 0 Å². The Balaban J connectivity index is 2.48. The van der Waals surface area contributed by atoms with Crippen molar-refractivity contribution in [1.29, 1.82) is 0 Å². The third-order valence-electron chi connectivity index (χ3n) is 3.07. The number of aliphatic hydroxyl groups excluding tert-OH is 1. The first-order chi connectivity index (χ1) is 9.08. The number of aliphatic hydroxyl groups is 1. The lowest BCUT2D eigenvalue weighted by atomic mass is 10.1. The van der Waals surface area contributed by atoms with Gasteiger partial charge < -0.3 is 25.2 Å². The van der Waals surface area contributed by atoms with Crippen LogP contribution in [0.2, 0.25) is 0 Å². The van der Waals surface area contributed by atoms with Crippen molar-refractivity contribution in [2.75, 3.05) is 26.3 Å².